The number of hydrogen-bond acceptors (Lipinski definition) is 4. The Morgan fingerprint density at radius 1 is 0.947 bits per heavy atom. The fourth-order valence-electron chi connectivity index (χ4n) is 2.11. The third-order valence-corrected chi connectivity index (χ3v) is 6.00. The Balaban J connectivity index is 2.21. The Bertz CT molecular complexity index is 646. The second-order valence-corrected chi connectivity index (χ2v) is 8.79. The van der Waals surface area contributed by atoms with Crippen molar-refractivity contribution in [2.75, 3.05) is 0 Å². The van der Waals surface area contributed by atoms with E-state index in [1.165, 1.54) is 24.3 Å². The summed E-state index contributed by atoms with van der Waals surface area (Å²) in [6, 6.07) is 4.83. The van der Waals surface area contributed by atoms with Gasteiger partial charge < -0.3 is 0 Å². The van der Waals surface area contributed by atoms with E-state index >= 15 is 0 Å². The highest BCUT2D eigenvalue weighted by molar-refractivity contribution is 8.13. The Morgan fingerprint density at radius 2 is 1.42 bits per heavy atom. The first-order valence-electron chi connectivity index (χ1n) is 5.86. The van der Waals surface area contributed by atoms with E-state index in [1.54, 1.807) is 0 Å². The minimum Gasteiger partial charge on any atom is -0.208 e. The number of hydrogen-bond donors (Lipinski definition) is 1. The minimum atomic E-state index is -3.83. The maximum absolute atomic E-state index is 12.1. The maximum Gasteiger partial charge on any atom is 0.261 e. The molecule has 0 aromatic heterocycles. The number of rotatable bonds is 4. The van der Waals surface area contributed by atoms with Gasteiger partial charge in [-0.05, 0) is 37.1 Å². The van der Waals surface area contributed by atoms with E-state index in [1.807, 2.05) is 0 Å². The fourth-order valence-corrected chi connectivity index (χ4v) is 4.19. The molecular weight excluding hydrogens is 310 g/mol. The molecule has 0 radical (unpaired) electrons. The number of nitrogens with one attached hydrogen (secondary N) is 1. The van der Waals surface area contributed by atoms with Crippen LogP contribution in [0.4, 0.5) is 0 Å². The van der Waals surface area contributed by atoms with Crippen molar-refractivity contribution in [1.82, 2.24) is 4.72 Å². The van der Waals surface area contributed by atoms with E-state index in [9.17, 15) is 16.8 Å². The zero-order chi connectivity index (χ0) is 14.1. The monoisotopic (exact) mass is 323 g/mol. The summed E-state index contributed by atoms with van der Waals surface area (Å²) in [5.41, 5.74) is 0. The molecule has 0 aliphatic heterocycles. The summed E-state index contributed by atoms with van der Waals surface area (Å²) in [5, 5.41) is 0. The van der Waals surface area contributed by atoms with Gasteiger partial charge in [-0.25, -0.2) is 21.6 Å². The zero-order valence-electron chi connectivity index (χ0n) is 10.0. The van der Waals surface area contributed by atoms with E-state index in [0.717, 1.165) is 25.7 Å². The molecule has 0 spiro atoms. The molecule has 1 saturated carbocycles. The van der Waals surface area contributed by atoms with Crippen LogP contribution in [0.3, 0.4) is 0 Å². The summed E-state index contributed by atoms with van der Waals surface area (Å²) in [6.07, 6.45) is 3.73. The molecule has 106 valence electrons. The number of sulfonamides is 1. The van der Waals surface area contributed by atoms with Gasteiger partial charge in [0.15, 0.2) is 0 Å². The number of halogens is 1. The molecule has 1 aromatic carbocycles. The average Bonchev–Trinajstić information content (AvgIpc) is 2.80. The van der Waals surface area contributed by atoms with Crippen LogP contribution in [0.25, 0.3) is 0 Å². The molecule has 0 bridgehead atoms. The predicted octanol–water partition coefficient (Wildman–Crippen LogP) is 1.84. The normalized spacial score (nSPS) is 17.7. The molecule has 0 unspecified atom stereocenters. The van der Waals surface area contributed by atoms with Crippen molar-refractivity contribution in [3.05, 3.63) is 24.3 Å². The summed E-state index contributed by atoms with van der Waals surface area (Å²) < 4.78 is 48.9. The van der Waals surface area contributed by atoms with Gasteiger partial charge in [-0.15, -0.1) is 0 Å². The highest BCUT2D eigenvalue weighted by Crippen LogP contribution is 2.21. The predicted molar refractivity (Wildman–Crippen MR) is 72.1 cm³/mol. The molecule has 1 aliphatic carbocycles. The summed E-state index contributed by atoms with van der Waals surface area (Å²) in [4.78, 5) is -0.0718. The lowest BCUT2D eigenvalue weighted by Crippen LogP contribution is -2.32. The second kappa shape index (κ2) is 5.40. The van der Waals surface area contributed by atoms with E-state index in [-0.39, 0.29) is 15.8 Å². The van der Waals surface area contributed by atoms with Gasteiger partial charge in [-0.3, -0.25) is 0 Å². The van der Waals surface area contributed by atoms with Crippen LogP contribution in [0.5, 0.6) is 0 Å². The van der Waals surface area contributed by atoms with Gasteiger partial charge in [0.2, 0.25) is 10.0 Å². The molecule has 1 N–H and O–H groups in total. The van der Waals surface area contributed by atoms with Crippen LogP contribution in [0.15, 0.2) is 34.1 Å². The van der Waals surface area contributed by atoms with Crippen molar-refractivity contribution < 1.29 is 16.8 Å². The number of benzene rings is 1. The largest absolute Gasteiger partial charge is 0.261 e. The third kappa shape index (κ3) is 3.68. The van der Waals surface area contributed by atoms with Crippen molar-refractivity contribution in [1.29, 1.82) is 0 Å². The molecule has 8 heteroatoms. The van der Waals surface area contributed by atoms with Gasteiger partial charge in [0.1, 0.15) is 0 Å². The molecule has 1 fully saturated rings. The van der Waals surface area contributed by atoms with Crippen molar-refractivity contribution in [3.63, 3.8) is 0 Å². The standard InChI is InChI=1S/C11H14ClNO4S2/c12-18(14,15)10-5-7-11(8-6-10)19(16,17)13-9-3-1-2-4-9/h5-9,13H,1-4H2. The Morgan fingerprint density at radius 3 is 1.89 bits per heavy atom. The van der Waals surface area contributed by atoms with Crippen LogP contribution in [0.1, 0.15) is 25.7 Å². The molecule has 1 aliphatic rings. The first kappa shape index (κ1) is 14.8. The fraction of sp³-hybridized carbons (Fsp3) is 0.455. The van der Waals surface area contributed by atoms with Gasteiger partial charge in [-0.1, -0.05) is 12.8 Å². The minimum absolute atomic E-state index is 0.0264. The summed E-state index contributed by atoms with van der Waals surface area (Å²) in [5.74, 6) is 0. The SMILES string of the molecule is O=S(=O)(Cl)c1ccc(S(=O)(=O)NC2CCCC2)cc1. The van der Waals surface area contributed by atoms with Crippen LogP contribution in [-0.2, 0) is 19.1 Å². The van der Waals surface area contributed by atoms with Gasteiger partial charge >= 0.3 is 0 Å². The highest BCUT2D eigenvalue weighted by Gasteiger charge is 2.23. The Kier molecular flexibility index (Phi) is 4.20. The molecule has 0 atom stereocenters. The smallest absolute Gasteiger partial charge is 0.208 e. The zero-order valence-corrected chi connectivity index (χ0v) is 12.4. The van der Waals surface area contributed by atoms with Crippen LogP contribution in [0, 0.1) is 0 Å². The highest BCUT2D eigenvalue weighted by atomic mass is 35.7. The lowest BCUT2D eigenvalue weighted by Gasteiger charge is -2.12. The van der Waals surface area contributed by atoms with Crippen LogP contribution in [-0.4, -0.2) is 22.9 Å². The summed E-state index contributed by atoms with van der Waals surface area (Å²) >= 11 is 0. The molecule has 0 heterocycles. The molecule has 1 aromatic rings. The maximum atomic E-state index is 12.1. The van der Waals surface area contributed by atoms with E-state index < -0.39 is 19.1 Å². The van der Waals surface area contributed by atoms with Crippen molar-refractivity contribution >= 4 is 29.8 Å². The third-order valence-electron chi connectivity index (χ3n) is 3.09. The van der Waals surface area contributed by atoms with E-state index in [4.69, 9.17) is 10.7 Å². The van der Waals surface area contributed by atoms with Gasteiger partial charge in [0, 0.05) is 16.7 Å². The second-order valence-electron chi connectivity index (χ2n) is 4.51. The molecule has 5 nitrogen and oxygen atoms in total. The molecule has 0 amide bonds. The average molecular weight is 324 g/mol. The van der Waals surface area contributed by atoms with Gasteiger partial charge in [0.25, 0.3) is 9.05 Å². The van der Waals surface area contributed by atoms with Gasteiger partial charge in [0.05, 0.1) is 9.79 Å². The van der Waals surface area contributed by atoms with Crippen LogP contribution >= 0.6 is 10.7 Å². The Hall–Kier alpha value is -0.630. The lowest BCUT2D eigenvalue weighted by atomic mass is 10.3. The van der Waals surface area contributed by atoms with Crippen LogP contribution in [0.2, 0.25) is 0 Å². The summed E-state index contributed by atoms with van der Waals surface area (Å²) in [7, 11) is -2.25. The summed E-state index contributed by atoms with van der Waals surface area (Å²) in [6.45, 7) is 0. The molecule has 2 rings (SSSR count). The molecule has 19 heavy (non-hydrogen) atoms. The van der Waals surface area contributed by atoms with Crippen molar-refractivity contribution in [2.24, 2.45) is 0 Å². The van der Waals surface area contributed by atoms with Gasteiger partial charge in [-0.2, -0.15) is 0 Å². The van der Waals surface area contributed by atoms with Crippen LogP contribution < -0.4 is 4.72 Å². The Labute approximate surface area is 117 Å². The van der Waals surface area contributed by atoms with E-state index in [2.05, 4.69) is 4.72 Å². The van der Waals surface area contributed by atoms with Crippen molar-refractivity contribution in [2.45, 2.75) is 41.5 Å². The molecule has 0 saturated heterocycles. The topological polar surface area (TPSA) is 80.3 Å². The van der Waals surface area contributed by atoms with Crippen molar-refractivity contribution in [3.8, 4) is 0 Å². The first-order valence-corrected chi connectivity index (χ1v) is 9.65. The quantitative estimate of drug-likeness (QED) is 0.857. The molecular formula is C11H14ClNO4S2. The lowest BCUT2D eigenvalue weighted by molar-refractivity contribution is 0.552. The first-order chi connectivity index (χ1) is 8.79. The van der Waals surface area contributed by atoms with E-state index in [0.29, 0.717) is 0 Å².